The van der Waals surface area contributed by atoms with E-state index in [0.717, 1.165) is 33.3 Å². The molecule has 0 aliphatic carbocycles. The van der Waals surface area contributed by atoms with Gasteiger partial charge in [0.15, 0.2) is 0 Å². The summed E-state index contributed by atoms with van der Waals surface area (Å²) in [5.41, 5.74) is 5.11. The average molecular weight is 416 g/mol. The topological polar surface area (TPSA) is 92.8 Å². The van der Waals surface area contributed by atoms with E-state index < -0.39 is 0 Å². The van der Waals surface area contributed by atoms with Crippen LogP contribution in [0.5, 0.6) is 0 Å². The van der Waals surface area contributed by atoms with Crippen LogP contribution < -0.4 is 16.1 Å². The van der Waals surface area contributed by atoms with Gasteiger partial charge >= 0.3 is 5.97 Å². The van der Waals surface area contributed by atoms with Gasteiger partial charge in [-0.05, 0) is 56.2 Å². The lowest BCUT2D eigenvalue weighted by atomic mass is 10.1. The summed E-state index contributed by atoms with van der Waals surface area (Å²) < 4.78 is 7.12. The number of rotatable bonds is 4. The SMILES string of the molecule is C=c1[nH]c2[nH]c(=O)c(=Cc3c(C)c(C(=O)OCC)c(C)n3C)c=2cc1-c1ccncc1. The van der Waals surface area contributed by atoms with Crippen LogP contribution in [0.15, 0.2) is 35.4 Å². The zero-order valence-corrected chi connectivity index (χ0v) is 18.0. The maximum atomic E-state index is 12.8. The molecule has 0 unspecified atom stereocenters. The van der Waals surface area contributed by atoms with Gasteiger partial charge in [-0.1, -0.05) is 6.58 Å². The number of carbonyl (C=O) groups is 1. The molecule has 158 valence electrons. The molecule has 0 fully saturated rings. The molecule has 0 saturated heterocycles. The summed E-state index contributed by atoms with van der Waals surface area (Å²) in [6, 6.07) is 5.74. The fourth-order valence-electron chi connectivity index (χ4n) is 3.98. The van der Waals surface area contributed by atoms with Crippen LogP contribution in [0.4, 0.5) is 0 Å². The highest BCUT2D eigenvalue weighted by Crippen LogP contribution is 2.22. The van der Waals surface area contributed by atoms with Gasteiger partial charge in [-0.15, -0.1) is 0 Å². The van der Waals surface area contributed by atoms with Gasteiger partial charge in [0.1, 0.15) is 5.48 Å². The Bertz CT molecular complexity index is 1520. The summed E-state index contributed by atoms with van der Waals surface area (Å²) in [6.45, 7) is 9.91. The van der Waals surface area contributed by atoms with E-state index in [1.807, 2.05) is 49.7 Å². The van der Waals surface area contributed by atoms with Gasteiger partial charge in [0.25, 0.3) is 5.56 Å². The first kappa shape index (κ1) is 20.4. The molecule has 4 rings (SSSR count). The predicted octanol–water partition coefficient (Wildman–Crippen LogP) is 1.86. The van der Waals surface area contributed by atoms with Gasteiger partial charge in [0, 0.05) is 47.0 Å². The van der Waals surface area contributed by atoms with E-state index in [9.17, 15) is 9.59 Å². The van der Waals surface area contributed by atoms with Gasteiger partial charge in [0.05, 0.1) is 17.4 Å². The fourth-order valence-corrected chi connectivity index (χ4v) is 3.98. The van der Waals surface area contributed by atoms with Crippen molar-refractivity contribution >= 4 is 18.6 Å². The van der Waals surface area contributed by atoms with Gasteiger partial charge in [-0.3, -0.25) is 9.78 Å². The van der Waals surface area contributed by atoms with Crippen LogP contribution in [-0.2, 0) is 11.8 Å². The Kier molecular flexibility index (Phi) is 5.10. The summed E-state index contributed by atoms with van der Waals surface area (Å²) in [5.74, 6) is -0.357. The number of pyridine rings is 1. The summed E-state index contributed by atoms with van der Waals surface area (Å²) in [6.07, 6.45) is 5.25. The summed E-state index contributed by atoms with van der Waals surface area (Å²) in [7, 11) is 1.87. The molecule has 4 heterocycles. The highest BCUT2D eigenvalue weighted by atomic mass is 16.5. The van der Waals surface area contributed by atoms with Crippen molar-refractivity contribution in [3.05, 3.63) is 84.7 Å². The van der Waals surface area contributed by atoms with E-state index in [0.29, 0.717) is 28.2 Å². The van der Waals surface area contributed by atoms with Crippen molar-refractivity contribution in [3.8, 4) is 11.1 Å². The normalized spacial score (nSPS) is 11.9. The maximum absolute atomic E-state index is 12.8. The molecular weight excluding hydrogens is 392 g/mol. The number of ether oxygens (including phenoxy) is 1. The number of carbonyl (C=O) groups excluding carboxylic acids is 1. The quantitative estimate of drug-likeness (QED) is 0.497. The monoisotopic (exact) mass is 416 g/mol. The van der Waals surface area contributed by atoms with Gasteiger partial charge in [-0.2, -0.15) is 0 Å². The van der Waals surface area contributed by atoms with Crippen molar-refractivity contribution in [1.29, 1.82) is 0 Å². The highest BCUT2D eigenvalue weighted by Gasteiger charge is 2.21. The molecule has 31 heavy (non-hydrogen) atoms. The standard InChI is InChI=1S/C24H24N4O3/c1-6-31-24(30)21-13(2)20(28(5)15(21)4)12-19-18-11-17(16-7-9-25-10-8-16)14(3)26-22(18)27-23(19)29/h7-12,26H,3,6H2,1-2,4-5H3,(H,27,29). The highest BCUT2D eigenvalue weighted by molar-refractivity contribution is 5.93. The Balaban J connectivity index is 2.00. The smallest absolute Gasteiger partial charge is 0.340 e. The molecule has 0 amide bonds. The lowest BCUT2D eigenvalue weighted by Crippen LogP contribution is -2.23. The van der Waals surface area contributed by atoms with Crippen LogP contribution in [-0.4, -0.2) is 32.1 Å². The summed E-state index contributed by atoms with van der Waals surface area (Å²) >= 11 is 0. The third-order valence-electron chi connectivity index (χ3n) is 5.67. The second-order valence-corrected chi connectivity index (χ2v) is 7.45. The maximum Gasteiger partial charge on any atom is 0.340 e. The van der Waals surface area contributed by atoms with E-state index >= 15 is 0 Å². The Hall–Kier alpha value is -3.87. The molecule has 0 saturated carbocycles. The summed E-state index contributed by atoms with van der Waals surface area (Å²) in [4.78, 5) is 35.4. The Morgan fingerprint density at radius 2 is 1.97 bits per heavy atom. The first-order valence-corrected chi connectivity index (χ1v) is 10.0. The van der Waals surface area contributed by atoms with Crippen LogP contribution in [0.3, 0.4) is 0 Å². The predicted molar refractivity (Wildman–Crippen MR) is 119 cm³/mol. The van der Waals surface area contributed by atoms with E-state index in [2.05, 4.69) is 21.5 Å². The minimum Gasteiger partial charge on any atom is -0.462 e. The molecule has 0 bridgehead atoms. The summed E-state index contributed by atoms with van der Waals surface area (Å²) in [5, 5.41) is 1.96. The van der Waals surface area contributed by atoms with E-state index in [1.54, 1.807) is 19.3 Å². The van der Waals surface area contributed by atoms with Crippen LogP contribution in [0, 0.1) is 24.5 Å². The van der Waals surface area contributed by atoms with E-state index in [1.165, 1.54) is 0 Å². The van der Waals surface area contributed by atoms with Crippen molar-refractivity contribution in [2.45, 2.75) is 20.8 Å². The van der Waals surface area contributed by atoms with Crippen molar-refractivity contribution in [2.75, 3.05) is 6.61 Å². The van der Waals surface area contributed by atoms with Crippen LogP contribution in [0.2, 0.25) is 0 Å². The number of aromatic amines is 2. The molecule has 2 aliphatic rings. The Labute approximate surface area is 178 Å². The minimum absolute atomic E-state index is 0.214. The van der Waals surface area contributed by atoms with Gasteiger partial charge < -0.3 is 19.3 Å². The first-order chi connectivity index (χ1) is 14.8. The molecule has 2 aromatic rings. The molecule has 0 spiro atoms. The van der Waals surface area contributed by atoms with Crippen molar-refractivity contribution in [2.24, 2.45) is 7.05 Å². The second-order valence-electron chi connectivity index (χ2n) is 7.45. The number of aromatic nitrogens is 4. The molecule has 2 aromatic heterocycles. The molecule has 7 nitrogen and oxygen atoms in total. The number of nitrogens with one attached hydrogen (secondary N) is 2. The van der Waals surface area contributed by atoms with Crippen molar-refractivity contribution < 1.29 is 9.53 Å². The third-order valence-corrected chi connectivity index (χ3v) is 5.67. The molecule has 0 radical (unpaired) electrons. The zero-order valence-electron chi connectivity index (χ0n) is 18.0. The average Bonchev–Trinajstić information content (AvgIpc) is 3.15. The number of H-pyrrole nitrogens is 2. The number of hydrogen-bond acceptors (Lipinski definition) is 4. The van der Waals surface area contributed by atoms with E-state index in [-0.39, 0.29) is 11.5 Å². The number of nitrogens with zero attached hydrogens (tertiary/aromatic N) is 2. The molecule has 2 N–H and O–H groups in total. The molecule has 2 aliphatic heterocycles. The second kappa shape index (κ2) is 7.75. The molecular formula is C24H24N4O3. The third kappa shape index (κ3) is 3.38. The molecule has 0 atom stereocenters. The largest absolute Gasteiger partial charge is 0.462 e. The van der Waals surface area contributed by atoms with Gasteiger partial charge in [0.2, 0.25) is 0 Å². The van der Waals surface area contributed by atoms with Crippen LogP contribution in [0.1, 0.15) is 34.2 Å². The zero-order chi connectivity index (χ0) is 22.3. The first-order valence-electron chi connectivity index (χ1n) is 10.0. The fraction of sp³-hybridized carbons (Fsp3) is 0.208. The van der Waals surface area contributed by atoms with Crippen LogP contribution >= 0.6 is 0 Å². The minimum atomic E-state index is -0.357. The molecule has 7 heteroatoms. The lowest BCUT2D eigenvalue weighted by molar-refractivity contribution is 0.0524. The van der Waals surface area contributed by atoms with Crippen molar-refractivity contribution in [3.63, 3.8) is 0 Å². The lowest BCUT2D eigenvalue weighted by Gasteiger charge is -2.02. The van der Waals surface area contributed by atoms with Gasteiger partial charge in [-0.25, -0.2) is 4.79 Å². The van der Waals surface area contributed by atoms with E-state index in [4.69, 9.17) is 4.74 Å². The number of esters is 1. The Morgan fingerprint density at radius 3 is 2.65 bits per heavy atom. The van der Waals surface area contributed by atoms with Crippen LogP contribution in [0.25, 0.3) is 23.8 Å². The molecule has 0 aromatic carbocycles. The number of hydrogen-bond donors (Lipinski definition) is 2. The van der Waals surface area contributed by atoms with Crippen molar-refractivity contribution in [1.82, 2.24) is 19.5 Å². The Morgan fingerprint density at radius 1 is 1.26 bits per heavy atom.